The van der Waals surface area contributed by atoms with Crippen LogP contribution in [0.15, 0.2) is 42.9 Å². The molecule has 2 saturated heterocycles. The number of pyridine rings is 2. The Balaban J connectivity index is 1.49. The molecule has 0 N–H and O–H groups in total. The largest absolute Gasteiger partial charge is 0.373 e. The number of ether oxygens (including phenoxy) is 1. The molecule has 0 saturated carbocycles. The number of amides is 1. The van der Waals surface area contributed by atoms with Gasteiger partial charge in [-0.2, -0.15) is 0 Å². The van der Waals surface area contributed by atoms with E-state index in [0.29, 0.717) is 25.4 Å². The number of carbonyl (C=O) groups excluding carboxylic acids is 1. The summed E-state index contributed by atoms with van der Waals surface area (Å²) in [6, 6.07) is 8.05. The lowest BCUT2D eigenvalue weighted by atomic mass is 10.1. The number of hydrogen-bond acceptors (Lipinski definition) is 5. The van der Waals surface area contributed by atoms with Crippen molar-refractivity contribution in [2.75, 3.05) is 26.2 Å². The van der Waals surface area contributed by atoms with Gasteiger partial charge in [-0.05, 0) is 30.2 Å². The molecule has 2 atom stereocenters. The summed E-state index contributed by atoms with van der Waals surface area (Å²) in [6.45, 7) is 5.65. The van der Waals surface area contributed by atoms with Crippen LogP contribution < -0.4 is 0 Å². The lowest BCUT2D eigenvalue weighted by Gasteiger charge is -2.36. The number of morpholine rings is 1. The number of hydrogen-bond donors (Lipinski definition) is 0. The van der Waals surface area contributed by atoms with E-state index in [1.165, 1.54) is 5.56 Å². The summed E-state index contributed by atoms with van der Waals surface area (Å²) in [5.41, 5.74) is 2.64. The molecule has 2 aliphatic heterocycles. The second-order valence-electron chi connectivity index (χ2n) is 6.69. The average Bonchev–Trinajstić information content (AvgIpc) is 3.08. The van der Waals surface area contributed by atoms with E-state index in [-0.39, 0.29) is 18.1 Å². The van der Waals surface area contributed by atoms with Crippen molar-refractivity contribution in [1.82, 2.24) is 19.8 Å². The molecule has 25 heavy (non-hydrogen) atoms. The van der Waals surface area contributed by atoms with Crippen LogP contribution >= 0.6 is 0 Å². The van der Waals surface area contributed by atoms with Gasteiger partial charge in [-0.1, -0.05) is 12.1 Å². The minimum atomic E-state index is -0.00238. The normalized spacial score (nSPS) is 23.5. The molecule has 6 heteroatoms. The number of aryl methyl sites for hydroxylation is 1. The second kappa shape index (κ2) is 6.90. The first-order valence-corrected chi connectivity index (χ1v) is 8.68. The summed E-state index contributed by atoms with van der Waals surface area (Å²) in [5.74, 6) is -0.00238. The third kappa shape index (κ3) is 3.27. The molecule has 2 aromatic rings. The smallest absolute Gasteiger partial charge is 0.272 e. The molecular weight excluding hydrogens is 316 g/mol. The predicted molar refractivity (Wildman–Crippen MR) is 93.1 cm³/mol. The van der Waals surface area contributed by atoms with Gasteiger partial charge in [0.15, 0.2) is 0 Å². The van der Waals surface area contributed by atoms with Gasteiger partial charge in [0, 0.05) is 44.8 Å². The summed E-state index contributed by atoms with van der Waals surface area (Å²) in [7, 11) is 0. The zero-order valence-corrected chi connectivity index (χ0v) is 14.3. The SMILES string of the molecule is Cc1cccnc1C(=O)N1C[C@@H]2OCCN(Cc3cccnc3)[C@H]2C1. The first kappa shape index (κ1) is 16.2. The average molecular weight is 338 g/mol. The fourth-order valence-corrected chi connectivity index (χ4v) is 3.71. The van der Waals surface area contributed by atoms with Gasteiger partial charge >= 0.3 is 0 Å². The maximum Gasteiger partial charge on any atom is 0.272 e. The zero-order valence-electron chi connectivity index (χ0n) is 14.3. The predicted octanol–water partition coefficient (Wildman–Crippen LogP) is 1.51. The van der Waals surface area contributed by atoms with Crippen LogP contribution in [0.5, 0.6) is 0 Å². The topological polar surface area (TPSA) is 58.6 Å². The van der Waals surface area contributed by atoms with Gasteiger partial charge in [-0.15, -0.1) is 0 Å². The second-order valence-corrected chi connectivity index (χ2v) is 6.69. The maximum absolute atomic E-state index is 12.9. The Kier molecular flexibility index (Phi) is 4.46. The van der Waals surface area contributed by atoms with E-state index >= 15 is 0 Å². The van der Waals surface area contributed by atoms with Gasteiger partial charge in [0.05, 0.1) is 18.8 Å². The Morgan fingerprint density at radius 1 is 1.28 bits per heavy atom. The number of carbonyl (C=O) groups is 1. The number of fused-ring (bicyclic) bond motifs is 1. The standard InChI is InChI=1S/C19H22N4O2/c1-14-4-2-7-21-18(14)19(24)23-12-16-17(13-23)25-9-8-22(16)11-15-5-3-6-20-10-15/h2-7,10,16-17H,8-9,11-13H2,1H3/t16-,17-/m0/s1. The van der Waals surface area contributed by atoms with Gasteiger partial charge in [0.2, 0.25) is 0 Å². The van der Waals surface area contributed by atoms with E-state index in [1.807, 2.05) is 36.2 Å². The molecule has 0 bridgehead atoms. The molecule has 2 aromatic heterocycles. The highest BCUT2D eigenvalue weighted by molar-refractivity contribution is 5.93. The molecular formula is C19H22N4O2. The van der Waals surface area contributed by atoms with Crippen LogP contribution in [0.1, 0.15) is 21.6 Å². The molecule has 4 heterocycles. The minimum absolute atomic E-state index is 0.00238. The van der Waals surface area contributed by atoms with Crippen LogP contribution in [0.2, 0.25) is 0 Å². The van der Waals surface area contributed by atoms with E-state index in [2.05, 4.69) is 20.9 Å². The van der Waals surface area contributed by atoms with E-state index in [0.717, 1.165) is 18.7 Å². The van der Waals surface area contributed by atoms with Gasteiger partial charge in [0.25, 0.3) is 5.91 Å². The molecule has 1 amide bonds. The highest BCUT2D eigenvalue weighted by Crippen LogP contribution is 2.25. The van der Waals surface area contributed by atoms with Crippen molar-refractivity contribution in [2.24, 2.45) is 0 Å². The van der Waals surface area contributed by atoms with Crippen molar-refractivity contribution < 1.29 is 9.53 Å². The number of likely N-dealkylation sites (tertiary alicyclic amines) is 1. The quantitative estimate of drug-likeness (QED) is 0.849. The van der Waals surface area contributed by atoms with Gasteiger partial charge in [0.1, 0.15) is 5.69 Å². The molecule has 0 aromatic carbocycles. The summed E-state index contributed by atoms with van der Waals surface area (Å²) >= 11 is 0. The highest BCUT2D eigenvalue weighted by Gasteiger charge is 2.42. The van der Waals surface area contributed by atoms with Crippen LogP contribution in [0.25, 0.3) is 0 Å². The first-order valence-electron chi connectivity index (χ1n) is 8.68. The summed E-state index contributed by atoms with van der Waals surface area (Å²) < 4.78 is 5.94. The van der Waals surface area contributed by atoms with Crippen LogP contribution in [0.4, 0.5) is 0 Å². The van der Waals surface area contributed by atoms with E-state index in [4.69, 9.17) is 4.74 Å². The van der Waals surface area contributed by atoms with Crippen molar-refractivity contribution >= 4 is 5.91 Å². The molecule has 0 aliphatic carbocycles. The van der Waals surface area contributed by atoms with E-state index in [9.17, 15) is 4.79 Å². The Hall–Kier alpha value is -2.31. The first-order chi connectivity index (χ1) is 12.2. The lowest BCUT2D eigenvalue weighted by molar-refractivity contribution is -0.0503. The Morgan fingerprint density at radius 3 is 2.96 bits per heavy atom. The van der Waals surface area contributed by atoms with Crippen molar-refractivity contribution in [3.05, 3.63) is 59.7 Å². The van der Waals surface area contributed by atoms with Crippen molar-refractivity contribution in [3.8, 4) is 0 Å². The third-order valence-corrected chi connectivity index (χ3v) is 5.02. The van der Waals surface area contributed by atoms with Crippen molar-refractivity contribution in [1.29, 1.82) is 0 Å². The van der Waals surface area contributed by atoms with Crippen LogP contribution in [0.3, 0.4) is 0 Å². The molecule has 0 spiro atoms. The Morgan fingerprint density at radius 2 is 2.16 bits per heavy atom. The van der Waals surface area contributed by atoms with Crippen LogP contribution in [0, 0.1) is 6.92 Å². The molecule has 0 unspecified atom stereocenters. The van der Waals surface area contributed by atoms with E-state index < -0.39 is 0 Å². The molecule has 2 fully saturated rings. The van der Waals surface area contributed by atoms with Gasteiger partial charge < -0.3 is 9.64 Å². The van der Waals surface area contributed by atoms with Gasteiger partial charge in [-0.25, -0.2) is 0 Å². The molecule has 0 radical (unpaired) electrons. The number of aromatic nitrogens is 2. The van der Waals surface area contributed by atoms with Gasteiger partial charge in [-0.3, -0.25) is 19.7 Å². The zero-order chi connectivity index (χ0) is 17.2. The number of nitrogens with zero attached hydrogens (tertiary/aromatic N) is 4. The van der Waals surface area contributed by atoms with E-state index in [1.54, 1.807) is 12.4 Å². The third-order valence-electron chi connectivity index (χ3n) is 5.02. The number of rotatable bonds is 3. The maximum atomic E-state index is 12.9. The van der Waals surface area contributed by atoms with Crippen molar-refractivity contribution in [2.45, 2.75) is 25.6 Å². The fraction of sp³-hybridized carbons (Fsp3) is 0.421. The summed E-state index contributed by atoms with van der Waals surface area (Å²) in [5, 5.41) is 0. The monoisotopic (exact) mass is 338 g/mol. The Bertz CT molecular complexity index is 752. The minimum Gasteiger partial charge on any atom is -0.373 e. The van der Waals surface area contributed by atoms with Crippen molar-refractivity contribution in [3.63, 3.8) is 0 Å². The molecule has 130 valence electrons. The van der Waals surface area contributed by atoms with Crippen LogP contribution in [-0.4, -0.2) is 64.1 Å². The summed E-state index contributed by atoms with van der Waals surface area (Å²) in [4.78, 5) is 25.6. The highest BCUT2D eigenvalue weighted by atomic mass is 16.5. The lowest BCUT2D eigenvalue weighted by Crippen LogP contribution is -2.50. The molecule has 2 aliphatic rings. The van der Waals surface area contributed by atoms with Crippen LogP contribution in [-0.2, 0) is 11.3 Å². The fourth-order valence-electron chi connectivity index (χ4n) is 3.71. The molecule has 6 nitrogen and oxygen atoms in total. The molecule has 4 rings (SSSR count). The Labute approximate surface area is 147 Å². The summed E-state index contributed by atoms with van der Waals surface area (Å²) in [6.07, 6.45) is 5.43.